The van der Waals surface area contributed by atoms with Crippen LogP contribution >= 0.6 is 12.4 Å². The summed E-state index contributed by atoms with van der Waals surface area (Å²) in [7, 11) is 3.31. The van der Waals surface area contributed by atoms with Gasteiger partial charge in [0.2, 0.25) is 0 Å². The van der Waals surface area contributed by atoms with Gasteiger partial charge in [0.25, 0.3) is 0 Å². The average Bonchev–Trinajstić information content (AvgIpc) is 3.11. The normalized spacial score (nSPS) is 16.2. The lowest BCUT2D eigenvalue weighted by molar-refractivity contribution is 0.392. The summed E-state index contributed by atoms with van der Waals surface area (Å²) in [5, 5.41) is 0. The van der Waals surface area contributed by atoms with Crippen molar-refractivity contribution in [1.29, 1.82) is 0 Å². The maximum atomic E-state index is 6.14. The lowest BCUT2D eigenvalue weighted by atomic mass is 10.0. The molecule has 0 aromatic heterocycles. The van der Waals surface area contributed by atoms with Crippen molar-refractivity contribution in [3.05, 3.63) is 23.8 Å². The summed E-state index contributed by atoms with van der Waals surface area (Å²) in [6, 6.07) is 5.97. The van der Waals surface area contributed by atoms with E-state index < -0.39 is 0 Å². The van der Waals surface area contributed by atoms with Crippen molar-refractivity contribution in [3.63, 3.8) is 0 Å². The van der Waals surface area contributed by atoms with E-state index >= 15 is 0 Å². The van der Waals surface area contributed by atoms with Crippen LogP contribution in [0.15, 0.2) is 18.2 Å². The first-order valence-corrected chi connectivity index (χ1v) is 5.23. The molecule has 1 fully saturated rings. The predicted octanol–water partition coefficient (Wildman–Crippen LogP) is 2.54. The monoisotopic (exact) mass is 243 g/mol. The summed E-state index contributed by atoms with van der Waals surface area (Å²) in [5.74, 6) is 2.25. The Morgan fingerprint density at radius 2 is 1.62 bits per heavy atom. The number of hydrogen-bond acceptors (Lipinski definition) is 3. The fourth-order valence-electron chi connectivity index (χ4n) is 1.75. The van der Waals surface area contributed by atoms with Gasteiger partial charge in [0.05, 0.1) is 14.2 Å². The van der Waals surface area contributed by atoms with Gasteiger partial charge < -0.3 is 15.2 Å². The summed E-state index contributed by atoms with van der Waals surface area (Å²) in [6.45, 7) is 0. The molecular formula is C12H18ClNO2. The topological polar surface area (TPSA) is 44.5 Å². The third-order valence-corrected chi connectivity index (χ3v) is 2.89. The van der Waals surface area contributed by atoms with Crippen molar-refractivity contribution < 1.29 is 9.47 Å². The van der Waals surface area contributed by atoms with Gasteiger partial charge in [-0.3, -0.25) is 0 Å². The Kier molecular flexibility index (Phi) is 4.44. The highest BCUT2D eigenvalue weighted by Gasteiger charge is 2.29. The van der Waals surface area contributed by atoms with Crippen LogP contribution in [0.1, 0.15) is 24.4 Å². The predicted molar refractivity (Wildman–Crippen MR) is 66.4 cm³/mol. The Hall–Kier alpha value is -0.930. The van der Waals surface area contributed by atoms with Crippen LogP contribution in [-0.2, 0) is 0 Å². The first-order valence-electron chi connectivity index (χ1n) is 5.23. The molecule has 1 atom stereocenters. The molecule has 4 heteroatoms. The summed E-state index contributed by atoms with van der Waals surface area (Å²) >= 11 is 0. The molecule has 0 amide bonds. The molecule has 0 aliphatic heterocycles. The molecule has 1 aromatic carbocycles. The largest absolute Gasteiger partial charge is 0.497 e. The molecule has 2 rings (SSSR count). The Bertz CT molecular complexity index is 331. The number of ether oxygens (including phenoxy) is 2. The quantitative estimate of drug-likeness (QED) is 0.884. The van der Waals surface area contributed by atoms with Crippen LogP contribution < -0.4 is 15.2 Å². The van der Waals surface area contributed by atoms with E-state index in [9.17, 15) is 0 Å². The van der Waals surface area contributed by atoms with Crippen molar-refractivity contribution >= 4 is 12.4 Å². The van der Waals surface area contributed by atoms with Gasteiger partial charge in [-0.05, 0) is 36.5 Å². The summed E-state index contributed by atoms with van der Waals surface area (Å²) in [4.78, 5) is 0. The Balaban J connectivity index is 0.00000128. The van der Waals surface area contributed by atoms with E-state index in [1.54, 1.807) is 14.2 Å². The number of benzene rings is 1. The molecule has 0 heterocycles. The number of hydrogen-bond donors (Lipinski definition) is 1. The van der Waals surface area contributed by atoms with E-state index in [-0.39, 0.29) is 18.4 Å². The van der Waals surface area contributed by atoms with Crippen LogP contribution in [0, 0.1) is 5.92 Å². The van der Waals surface area contributed by atoms with Gasteiger partial charge in [0.15, 0.2) is 0 Å². The van der Waals surface area contributed by atoms with E-state index in [1.807, 2.05) is 18.2 Å². The van der Waals surface area contributed by atoms with E-state index in [1.165, 1.54) is 12.8 Å². The second-order valence-electron chi connectivity index (χ2n) is 4.01. The maximum absolute atomic E-state index is 6.14. The molecule has 1 saturated carbocycles. The molecule has 1 aliphatic carbocycles. The molecule has 3 nitrogen and oxygen atoms in total. The standard InChI is InChI=1S/C12H17NO2.ClH/c1-14-10-5-9(6-11(7-10)15-2)12(13)8-3-4-8;/h5-8,12H,3-4,13H2,1-2H3;1H/t12-;/m0./s1. The highest BCUT2D eigenvalue weighted by Crippen LogP contribution is 2.41. The van der Waals surface area contributed by atoms with E-state index in [0.29, 0.717) is 5.92 Å². The maximum Gasteiger partial charge on any atom is 0.122 e. The summed E-state index contributed by atoms with van der Waals surface area (Å²) in [5.41, 5.74) is 7.24. The first kappa shape index (κ1) is 13.1. The van der Waals surface area contributed by atoms with Crippen molar-refractivity contribution in [3.8, 4) is 11.5 Å². The van der Waals surface area contributed by atoms with Crippen LogP contribution in [0.5, 0.6) is 11.5 Å². The van der Waals surface area contributed by atoms with Crippen molar-refractivity contribution in [2.45, 2.75) is 18.9 Å². The smallest absolute Gasteiger partial charge is 0.122 e. The SMILES string of the molecule is COc1cc(OC)cc([C@@H](N)C2CC2)c1.Cl. The lowest BCUT2D eigenvalue weighted by Crippen LogP contribution is -2.12. The number of methoxy groups -OCH3 is 2. The zero-order valence-corrected chi connectivity index (χ0v) is 10.4. The highest BCUT2D eigenvalue weighted by molar-refractivity contribution is 5.85. The molecule has 0 saturated heterocycles. The van der Waals surface area contributed by atoms with E-state index in [2.05, 4.69) is 0 Å². The molecule has 0 radical (unpaired) electrons. The van der Waals surface area contributed by atoms with Crippen LogP contribution in [0.3, 0.4) is 0 Å². The zero-order valence-electron chi connectivity index (χ0n) is 9.60. The van der Waals surface area contributed by atoms with Crippen LogP contribution in [0.4, 0.5) is 0 Å². The molecule has 16 heavy (non-hydrogen) atoms. The lowest BCUT2D eigenvalue weighted by Gasteiger charge is -2.13. The van der Waals surface area contributed by atoms with Gasteiger partial charge in [-0.25, -0.2) is 0 Å². The molecule has 2 N–H and O–H groups in total. The number of nitrogens with two attached hydrogens (primary N) is 1. The Morgan fingerprint density at radius 1 is 1.12 bits per heavy atom. The van der Waals surface area contributed by atoms with Gasteiger partial charge in [-0.2, -0.15) is 0 Å². The van der Waals surface area contributed by atoms with Crippen LogP contribution in [-0.4, -0.2) is 14.2 Å². The molecule has 0 spiro atoms. The van der Waals surface area contributed by atoms with Gasteiger partial charge in [0.1, 0.15) is 11.5 Å². The fourth-order valence-corrected chi connectivity index (χ4v) is 1.75. The minimum atomic E-state index is 0. The second kappa shape index (κ2) is 5.41. The zero-order chi connectivity index (χ0) is 10.8. The fraction of sp³-hybridized carbons (Fsp3) is 0.500. The summed E-state index contributed by atoms with van der Waals surface area (Å²) < 4.78 is 10.4. The van der Waals surface area contributed by atoms with Crippen LogP contribution in [0.2, 0.25) is 0 Å². The molecule has 0 unspecified atom stereocenters. The van der Waals surface area contributed by atoms with Gasteiger partial charge in [-0.15, -0.1) is 12.4 Å². The molecular weight excluding hydrogens is 226 g/mol. The average molecular weight is 244 g/mol. The Morgan fingerprint density at radius 3 is 2.00 bits per heavy atom. The van der Waals surface area contributed by atoms with E-state index in [0.717, 1.165) is 17.1 Å². The Labute approximate surface area is 102 Å². The summed E-state index contributed by atoms with van der Waals surface area (Å²) in [6.07, 6.45) is 2.47. The van der Waals surface area contributed by atoms with Gasteiger partial charge in [-0.1, -0.05) is 0 Å². The number of halogens is 1. The van der Waals surface area contributed by atoms with E-state index in [4.69, 9.17) is 15.2 Å². The first-order chi connectivity index (χ1) is 7.24. The molecule has 0 bridgehead atoms. The third-order valence-electron chi connectivity index (χ3n) is 2.89. The van der Waals surface area contributed by atoms with Gasteiger partial charge >= 0.3 is 0 Å². The minimum absolute atomic E-state index is 0. The minimum Gasteiger partial charge on any atom is -0.497 e. The molecule has 1 aliphatic rings. The number of rotatable bonds is 4. The van der Waals surface area contributed by atoms with Crippen molar-refractivity contribution in [2.24, 2.45) is 11.7 Å². The second-order valence-corrected chi connectivity index (χ2v) is 4.01. The van der Waals surface area contributed by atoms with Crippen LogP contribution in [0.25, 0.3) is 0 Å². The molecule has 90 valence electrons. The molecule has 1 aromatic rings. The highest BCUT2D eigenvalue weighted by atomic mass is 35.5. The van der Waals surface area contributed by atoms with Crippen molar-refractivity contribution in [1.82, 2.24) is 0 Å². The van der Waals surface area contributed by atoms with Gasteiger partial charge in [0, 0.05) is 12.1 Å². The van der Waals surface area contributed by atoms with Crippen molar-refractivity contribution in [2.75, 3.05) is 14.2 Å². The third kappa shape index (κ3) is 2.80.